The fraction of sp³-hybridized carbons (Fsp3) is 0.667. The van der Waals surface area contributed by atoms with Crippen LogP contribution in [-0.4, -0.2) is 22.1 Å². The Morgan fingerprint density at radius 3 is 3.06 bits per heavy atom. The molecule has 0 aliphatic heterocycles. The van der Waals surface area contributed by atoms with E-state index in [0.29, 0.717) is 12.5 Å². The Labute approximate surface area is 116 Å². The number of hydrogen-bond donors (Lipinski definition) is 2. The smallest absolute Gasteiger partial charge is 0.143 e. The molecule has 1 saturated carbocycles. The molecule has 1 heterocycles. The third kappa shape index (κ3) is 2.70. The average molecular weight is 346 g/mol. The Morgan fingerprint density at radius 2 is 2.41 bits per heavy atom. The van der Waals surface area contributed by atoms with Crippen molar-refractivity contribution < 1.29 is 0 Å². The van der Waals surface area contributed by atoms with Gasteiger partial charge < -0.3 is 11.1 Å². The molecule has 0 spiro atoms. The molecule has 3 N–H and O–H groups in total. The third-order valence-corrected chi connectivity index (χ3v) is 4.64. The molecular weight excluding hydrogens is 327 g/mol. The lowest BCUT2D eigenvalue weighted by atomic mass is 9.73. The van der Waals surface area contributed by atoms with Gasteiger partial charge in [0.05, 0.1) is 9.11 Å². The molecule has 1 aliphatic carbocycles. The predicted molar refractivity (Wildman–Crippen MR) is 77.8 cm³/mol. The van der Waals surface area contributed by atoms with Gasteiger partial charge in [0.25, 0.3) is 0 Å². The van der Waals surface area contributed by atoms with E-state index in [9.17, 15) is 0 Å². The number of hydrogen-bond acceptors (Lipinski definition) is 4. The lowest BCUT2D eigenvalue weighted by molar-refractivity contribution is 0.235. The quantitative estimate of drug-likeness (QED) is 0.825. The maximum Gasteiger partial charge on any atom is 0.143 e. The number of rotatable bonds is 3. The Morgan fingerprint density at radius 1 is 1.59 bits per heavy atom. The minimum atomic E-state index is 0.00647. The van der Waals surface area contributed by atoms with Crippen LogP contribution in [0.5, 0.6) is 0 Å². The summed E-state index contributed by atoms with van der Waals surface area (Å²) in [6, 6.07) is 0. The standard InChI is InChI=1S/C12H19IN4/c1-9-4-2-3-5-12(9,7-14)17-11-10(13)6-15-8-16-11/h6,8-9H,2-5,7,14H2,1H3,(H,15,16,17). The summed E-state index contributed by atoms with van der Waals surface area (Å²) in [4.78, 5) is 8.33. The lowest BCUT2D eigenvalue weighted by Gasteiger charge is -2.43. The normalized spacial score (nSPS) is 29.0. The second-order valence-corrected chi connectivity index (χ2v) is 6.01. The minimum absolute atomic E-state index is 0.00647. The van der Waals surface area contributed by atoms with Crippen LogP contribution >= 0.6 is 22.6 Å². The van der Waals surface area contributed by atoms with Crippen LogP contribution in [0.25, 0.3) is 0 Å². The zero-order chi connectivity index (χ0) is 12.3. The van der Waals surface area contributed by atoms with Gasteiger partial charge in [-0.15, -0.1) is 0 Å². The highest BCUT2D eigenvalue weighted by Gasteiger charge is 2.37. The highest BCUT2D eigenvalue weighted by Crippen LogP contribution is 2.36. The molecular formula is C12H19IN4. The van der Waals surface area contributed by atoms with Gasteiger partial charge in [0.2, 0.25) is 0 Å². The van der Waals surface area contributed by atoms with Crippen molar-refractivity contribution >= 4 is 28.4 Å². The van der Waals surface area contributed by atoms with Gasteiger partial charge in [-0.25, -0.2) is 9.97 Å². The fourth-order valence-electron chi connectivity index (χ4n) is 2.59. The third-order valence-electron chi connectivity index (χ3n) is 3.85. The molecule has 0 saturated heterocycles. The molecule has 2 unspecified atom stereocenters. The minimum Gasteiger partial charge on any atom is -0.362 e. The second-order valence-electron chi connectivity index (χ2n) is 4.85. The molecule has 0 bridgehead atoms. The van der Waals surface area contributed by atoms with Crippen LogP contribution in [0.1, 0.15) is 32.6 Å². The van der Waals surface area contributed by atoms with Gasteiger partial charge in [0.15, 0.2) is 0 Å². The maximum absolute atomic E-state index is 6.02. The molecule has 2 rings (SSSR count). The molecule has 0 radical (unpaired) electrons. The van der Waals surface area contributed by atoms with E-state index in [4.69, 9.17) is 5.73 Å². The summed E-state index contributed by atoms with van der Waals surface area (Å²) >= 11 is 2.26. The summed E-state index contributed by atoms with van der Waals surface area (Å²) in [5, 5.41) is 3.58. The van der Waals surface area contributed by atoms with Crippen molar-refractivity contribution in [1.82, 2.24) is 9.97 Å². The van der Waals surface area contributed by atoms with Crippen molar-refractivity contribution in [1.29, 1.82) is 0 Å². The Bertz CT molecular complexity index is 385. The first-order chi connectivity index (χ1) is 8.18. The first kappa shape index (κ1) is 13.0. The summed E-state index contributed by atoms with van der Waals surface area (Å²) in [5.41, 5.74) is 6.02. The van der Waals surface area contributed by atoms with Gasteiger partial charge in [-0.3, -0.25) is 0 Å². The zero-order valence-electron chi connectivity index (χ0n) is 10.1. The van der Waals surface area contributed by atoms with Crippen molar-refractivity contribution in [2.75, 3.05) is 11.9 Å². The van der Waals surface area contributed by atoms with Crippen molar-refractivity contribution in [2.45, 2.75) is 38.1 Å². The predicted octanol–water partition coefficient (Wildman–Crippen LogP) is 2.40. The summed E-state index contributed by atoms with van der Waals surface area (Å²) in [6.45, 7) is 2.95. The van der Waals surface area contributed by atoms with E-state index >= 15 is 0 Å². The monoisotopic (exact) mass is 346 g/mol. The summed E-state index contributed by atoms with van der Waals surface area (Å²) in [7, 11) is 0. The Balaban J connectivity index is 2.22. The molecule has 1 fully saturated rings. The van der Waals surface area contributed by atoms with Crippen molar-refractivity contribution in [3.05, 3.63) is 16.1 Å². The SMILES string of the molecule is CC1CCCCC1(CN)Nc1ncncc1I. The van der Waals surface area contributed by atoms with Crippen LogP contribution in [0.4, 0.5) is 5.82 Å². The van der Waals surface area contributed by atoms with Gasteiger partial charge in [-0.05, 0) is 41.4 Å². The van der Waals surface area contributed by atoms with E-state index in [0.717, 1.165) is 15.8 Å². The van der Waals surface area contributed by atoms with E-state index in [-0.39, 0.29) is 5.54 Å². The summed E-state index contributed by atoms with van der Waals surface area (Å²) in [6.07, 6.45) is 8.34. The average Bonchev–Trinajstić information content (AvgIpc) is 2.35. The number of anilines is 1. The van der Waals surface area contributed by atoms with Crippen LogP contribution in [0, 0.1) is 9.49 Å². The molecule has 5 heteroatoms. The van der Waals surface area contributed by atoms with E-state index in [1.165, 1.54) is 19.3 Å². The van der Waals surface area contributed by atoms with E-state index in [1.54, 1.807) is 6.33 Å². The van der Waals surface area contributed by atoms with E-state index in [2.05, 4.69) is 44.8 Å². The molecule has 0 aromatic carbocycles. The molecule has 2 atom stereocenters. The first-order valence-corrected chi connectivity index (χ1v) is 7.19. The fourth-order valence-corrected chi connectivity index (χ4v) is 3.03. The Hall–Kier alpha value is -0.430. The van der Waals surface area contributed by atoms with E-state index < -0.39 is 0 Å². The molecule has 1 aromatic heterocycles. The Kier molecular flexibility index (Phi) is 4.19. The lowest BCUT2D eigenvalue weighted by Crippen LogP contribution is -2.52. The van der Waals surface area contributed by atoms with Gasteiger partial charge in [0.1, 0.15) is 12.1 Å². The van der Waals surface area contributed by atoms with Crippen molar-refractivity contribution in [3.8, 4) is 0 Å². The topological polar surface area (TPSA) is 63.8 Å². The van der Waals surface area contributed by atoms with Gasteiger partial charge in [-0.1, -0.05) is 19.8 Å². The molecule has 94 valence electrons. The second kappa shape index (κ2) is 5.48. The molecule has 0 amide bonds. The zero-order valence-corrected chi connectivity index (χ0v) is 12.3. The number of nitrogens with two attached hydrogens (primary N) is 1. The summed E-state index contributed by atoms with van der Waals surface area (Å²) in [5.74, 6) is 1.51. The van der Waals surface area contributed by atoms with E-state index in [1.807, 2.05) is 6.20 Å². The number of nitrogens with zero attached hydrogens (tertiary/aromatic N) is 2. The highest BCUT2D eigenvalue weighted by atomic mass is 127. The van der Waals surface area contributed by atoms with Gasteiger partial charge >= 0.3 is 0 Å². The van der Waals surface area contributed by atoms with Crippen LogP contribution in [0.3, 0.4) is 0 Å². The van der Waals surface area contributed by atoms with Crippen LogP contribution < -0.4 is 11.1 Å². The number of nitrogens with one attached hydrogen (secondary N) is 1. The van der Waals surface area contributed by atoms with Gasteiger partial charge in [0, 0.05) is 12.7 Å². The molecule has 1 aromatic rings. The maximum atomic E-state index is 6.02. The van der Waals surface area contributed by atoms with Crippen molar-refractivity contribution in [2.24, 2.45) is 11.7 Å². The molecule has 4 nitrogen and oxygen atoms in total. The van der Waals surface area contributed by atoms with Crippen LogP contribution in [0.15, 0.2) is 12.5 Å². The highest BCUT2D eigenvalue weighted by molar-refractivity contribution is 14.1. The molecule has 1 aliphatic rings. The molecule has 17 heavy (non-hydrogen) atoms. The van der Waals surface area contributed by atoms with Gasteiger partial charge in [-0.2, -0.15) is 0 Å². The largest absolute Gasteiger partial charge is 0.362 e. The number of aromatic nitrogens is 2. The van der Waals surface area contributed by atoms with Crippen molar-refractivity contribution in [3.63, 3.8) is 0 Å². The number of halogens is 1. The van der Waals surface area contributed by atoms with Crippen LogP contribution in [-0.2, 0) is 0 Å². The van der Waals surface area contributed by atoms with Crippen LogP contribution in [0.2, 0.25) is 0 Å². The summed E-state index contributed by atoms with van der Waals surface area (Å²) < 4.78 is 1.05. The first-order valence-electron chi connectivity index (χ1n) is 6.12.